The second kappa shape index (κ2) is 7.43. The van der Waals surface area contributed by atoms with Gasteiger partial charge < -0.3 is 10.3 Å². The molecule has 0 aromatic carbocycles. The minimum Gasteiger partial charge on any atom is -0.359 e. The number of aromatic amines is 1. The van der Waals surface area contributed by atoms with E-state index in [9.17, 15) is 4.79 Å². The molecule has 112 valence electrons. The number of rotatable bonds is 7. The lowest BCUT2D eigenvalue weighted by Crippen LogP contribution is -2.24. The number of carbonyl (C=O) groups is 1. The predicted octanol–water partition coefficient (Wildman–Crippen LogP) is 1.71. The Labute approximate surface area is 121 Å². The van der Waals surface area contributed by atoms with Crippen LogP contribution in [0.2, 0.25) is 0 Å². The maximum Gasteiger partial charge on any atom is 0.220 e. The summed E-state index contributed by atoms with van der Waals surface area (Å²) in [4.78, 5) is 21.6. The molecule has 5 nitrogen and oxygen atoms in total. The summed E-state index contributed by atoms with van der Waals surface area (Å²) in [6.07, 6.45) is 7.14. The summed E-state index contributed by atoms with van der Waals surface area (Å²) in [6, 6.07) is 0. The van der Waals surface area contributed by atoms with Gasteiger partial charge in [-0.05, 0) is 25.3 Å². The van der Waals surface area contributed by atoms with Crippen LogP contribution >= 0.6 is 0 Å². The zero-order chi connectivity index (χ0) is 14.4. The Balaban J connectivity index is 1.77. The fraction of sp³-hybridized carbons (Fsp3) is 0.733. The van der Waals surface area contributed by atoms with Gasteiger partial charge in [-0.25, -0.2) is 4.98 Å². The molecule has 0 aliphatic carbocycles. The molecular formula is C15H26N4O. The van der Waals surface area contributed by atoms with Crippen molar-refractivity contribution in [1.29, 1.82) is 0 Å². The number of amides is 1. The fourth-order valence-electron chi connectivity index (χ4n) is 2.79. The number of H-pyrrole nitrogens is 1. The van der Waals surface area contributed by atoms with Crippen molar-refractivity contribution < 1.29 is 4.79 Å². The van der Waals surface area contributed by atoms with Gasteiger partial charge in [-0.15, -0.1) is 0 Å². The molecule has 2 rings (SSSR count). The third-order valence-corrected chi connectivity index (χ3v) is 3.97. The van der Waals surface area contributed by atoms with Crippen LogP contribution in [-0.2, 0) is 17.8 Å². The molecule has 2 N–H and O–H groups in total. The van der Waals surface area contributed by atoms with Crippen LogP contribution in [0.25, 0.3) is 0 Å². The Bertz CT molecular complexity index is 429. The van der Waals surface area contributed by atoms with Gasteiger partial charge >= 0.3 is 0 Å². The first-order valence-corrected chi connectivity index (χ1v) is 7.67. The lowest BCUT2D eigenvalue weighted by molar-refractivity contribution is -0.121. The number of nitrogens with zero attached hydrogens (tertiary/aromatic N) is 2. The highest BCUT2D eigenvalue weighted by Gasteiger charge is 2.24. The summed E-state index contributed by atoms with van der Waals surface area (Å²) in [5.74, 6) is 1.75. The minimum absolute atomic E-state index is 0.153. The molecule has 0 spiro atoms. The van der Waals surface area contributed by atoms with Crippen LogP contribution in [0.5, 0.6) is 0 Å². The van der Waals surface area contributed by atoms with Crippen molar-refractivity contribution in [2.75, 3.05) is 20.1 Å². The van der Waals surface area contributed by atoms with E-state index in [4.69, 9.17) is 0 Å². The molecule has 1 aliphatic rings. The van der Waals surface area contributed by atoms with Crippen molar-refractivity contribution in [1.82, 2.24) is 20.2 Å². The molecule has 1 aromatic heterocycles. The molecule has 0 radical (unpaired) electrons. The van der Waals surface area contributed by atoms with Gasteiger partial charge in [-0.2, -0.15) is 0 Å². The van der Waals surface area contributed by atoms with Crippen molar-refractivity contribution in [2.24, 2.45) is 5.92 Å². The smallest absolute Gasteiger partial charge is 0.220 e. The lowest BCUT2D eigenvalue weighted by Gasteiger charge is -2.14. The summed E-state index contributed by atoms with van der Waals surface area (Å²) in [7, 11) is 1.71. The molecule has 1 amide bonds. The van der Waals surface area contributed by atoms with E-state index in [0.717, 1.165) is 38.3 Å². The lowest BCUT2D eigenvalue weighted by atomic mass is 10.1. The third-order valence-electron chi connectivity index (χ3n) is 3.97. The quantitative estimate of drug-likeness (QED) is 0.798. The highest BCUT2D eigenvalue weighted by Crippen LogP contribution is 2.21. The van der Waals surface area contributed by atoms with Crippen LogP contribution in [0.15, 0.2) is 6.20 Å². The molecule has 5 heteroatoms. The maximum absolute atomic E-state index is 11.4. The molecule has 1 atom stereocenters. The summed E-state index contributed by atoms with van der Waals surface area (Å²) in [5, 5.41) is 2.71. The number of imidazole rings is 1. The number of unbranched alkanes of at least 4 members (excludes halogenated alkanes) is 1. The van der Waals surface area contributed by atoms with Crippen molar-refractivity contribution in [2.45, 2.75) is 45.6 Å². The average Bonchev–Trinajstić information content (AvgIpc) is 3.06. The number of likely N-dealkylation sites (tertiary alicyclic amines) is 1. The standard InChI is InChI=1S/C15H26N4O/c1-3-4-5-14-17-9-13(18-14)11-19-7-6-12(10-19)8-15(20)16-2/h9,12H,3-8,10-11H2,1-2H3,(H,16,20)(H,17,18). The number of nitrogens with one attached hydrogen (secondary N) is 2. The van der Waals surface area contributed by atoms with Gasteiger partial charge in [0.1, 0.15) is 5.82 Å². The highest BCUT2D eigenvalue weighted by molar-refractivity contribution is 5.75. The van der Waals surface area contributed by atoms with E-state index < -0.39 is 0 Å². The molecule has 0 bridgehead atoms. The van der Waals surface area contributed by atoms with Gasteiger partial charge in [0.15, 0.2) is 0 Å². The van der Waals surface area contributed by atoms with Crippen molar-refractivity contribution >= 4 is 5.91 Å². The van der Waals surface area contributed by atoms with Crippen LogP contribution in [0.4, 0.5) is 0 Å². The molecule has 2 heterocycles. The summed E-state index contributed by atoms with van der Waals surface area (Å²) in [5.41, 5.74) is 1.19. The molecule has 0 saturated carbocycles. The first-order chi connectivity index (χ1) is 9.71. The normalized spacial score (nSPS) is 19.4. The molecule has 1 aromatic rings. The van der Waals surface area contributed by atoms with Crippen molar-refractivity contribution in [3.63, 3.8) is 0 Å². The Morgan fingerprint density at radius 2 is 2.45 bits per heavy atom. The topological polar surface area (TPSA) is 61.0 Å². The zero-order valence-corrected chi connectivity index (χ0v) is 12.6. The van der Waals surface area contributed by atoms with E-state index in [1.54, 1.807) is 7.05 Å². The van der Waals surface area contributed by atoms with Crippen LogP contribution in [-0.4, -0.2) is 40.9 Å². The predicted molar refractivity (Wildman–Crippen MR) is 79.3 cm³/mol. The van der Waals surface area contributed by atoms with E-state index in [2.05, 4.69) is 27.1 Å². The molecule has 1 aliphatic heterocycles. The number of aryl methyl sites for hydroxylation is 1. The number of hydrogen-bond acceptors (Lipinski definition) is 3. The van der Waals surface area contributed by atoms with Crippen molar-refractivity contribution in [3.05, 3.63) is 17.7 Å². The third kappa shape index (κ3) is 4.34. The van der Waals surface area contributed by atoms with Gasteiger partial charge in [-0.3, -0.25) is 9.69 Å². The van der Waals surface area contributed by atoms with E-state index in [1.165, 1.54) is 18.5 Å². The van der Waals surface area contributed by atoms with E-state index >= 15 is 0 Å². The van der Waals surface area contributed by atoms with Crippen LogP contribution in [0.1, 0.15) is 44.1 Å². The van der Waals surface area contributed by atoms with E-state index in [1.807, 2.05) is 6.20 Å². The van der Waals surface area contributed by atoms with Gasteiger partial charge in [0, 0.05) is 44.9 Å². The van der Waals surface area contributed by atoms with E-state index in [0.29, 0.717) is 12.3 Å². The Morgan fingerprint density at radius 1 is 1.60 bits per heavy atom. The molecule has 1 fully saturated rings. The summed E-state index contributed by atoms with van der Waals surface area (Å²) < 4.78 is 0. The monoisotopic (exact) mass is 278 g/mol. The molecule has 20 heavy (non-hydrogen) atoms. The summed E-state index contributed by atoms with van der Waals surface area (Å²) >= 11 is 0. The molecule has 1 unspecified atom stereocenters. The SMILES string of the molecule is CCCCc1ncc(CN2CCC(CC(=O)NC)C2)[nH]1. The van der Waals surface area contributed by atoms with Crippen LogP contribution in [0, 0.1) is 5.92 Å². The van der Waals surface area contributed by atoms with Crippen molar-refractivity contribution in [3.8, 4) is 0 Å². The van der Waals surface area contributed by atoms with Gasteiger partial charge in [0.2, 0.25) is 5.91 Å². The Morgan fingerprint density at radius 3 is 3.20 bits per heavy atom. The molecular weight excluding hydrogens is 252 g/mol. The Hall–Kier alpha value is -1.36. The fourth-order valence-corrected chi connectivity index (χ4v) is 2.79. The molecule has 1 saturated heterocycles. The number of aromatic nitrogens is 2. The second-order valence-corrected chi connectivity index (χ2v) is 5.73. The first-order valence-electron chi connectivity index (χ1n) is 7.67. The second-order valence-electron chi connectivity index (χ2n) is 5.73. The van der Waals surface area contributed by atoms with Gasteiger partial charge in [0.25, 0.3) is 0 Å². The highest BCUT2D eigenvalue weighted by atomic mass is 16.1. The summed E-state index contributed by atoms with van der Waals surface area (Å²) in [6.45, 7) is 5.20. The Kier molecular flexibility index (Phi) is 5.59. The van der Waals surface area contributed by atoms with E-state index in [-0.39, 0.29) is 5.91 Å². The number of carbonyl (C=O) groups excluding carboxylic acids is 1. The largest absolute Gasteiger partial charge is 0.359 e. The number of hydrogen-bond donors (Lipinski definition) is 2. The van der Waals surface area contributed by atoms with Crippen LogP contribution < -0.4 is 5.32 Å². The first kappa shape index (κ1) is 15.0. The van der Waals surface area contributed by atoms with Gasteiger partial charge in [-0.1, -0.05) is 13.3 Å². The average molecular weight is 278 g/mol. The minimum atomic E-state index is 0.153. The van der Waals surface area contributed by atoms with Gasteiger partial charge in [0.05, 0.1) is 0 Å². The maximum atomic E-state index is 11.4. The zero-order valence-electron chi connectivity index (χ0n) is 12.6. The van der Waals surface area contributed by atoms with Crippen LogP contribution in [0.3, 0.4) is 0 Å².